The molecule has 0 atom stereocenters. The predicted octanol–water partition coefficient (Wildman–Crippen LogP) is 3.10. The molecule has 0 unspecified atom stereocenters. The van der Waals surface area contributed by atoms with E-state index >= 15 is 0 Å². The van der Waals surface area contributed by atoms with Gasteiger partial charge >= 0.3 is 0 Å². The summed E-state index contributed by atoms with van der Waals surface area (Å²) in [7, 11) is 0. The molecule has 138 valence electrons. The number of likely N-dealkylation sites (tertiary alicyclic amines) is 2. The summed E-state index contributed by atoms with van der Waals surface area (Å²) in [6.45, 7) is 3.65. The number of amides is 1. The van der Waals surface area contributed by atoms with Crippen LogP contribution in [0, 0.1) is 6.92 Å². The average molecular weight is 352 g/mol. The van der Waals surface area contributed by atoms with Crippen molar-refractivity contribution in [1.82, 2.24) is 9.80 Å². The maximum Gasteiger partial charge on any atom is 0.260 e. The molecule has 0 radical (unpaired) electrons. The highest BCUT2D eigenvalue weighted by Gasteiger charge is 2.36. The fourth-order valence-corrected chi connectivity index (χ4v) is 3.58. The van der Waals surface area contributed by atoms with Gasteiger partial charge in [0.15, 0.2) is 0 Å². The summed E-state index contributed by atoms with van der Waals surface area (Å²) in [5.74, 6) is -1.85. The first kappa shape index (κ1) is 18.1. The van der Waals surface area contributed by atoms with Crippen LogP contribution in [-0.4, -0.2) is 60.5 Å². The summed E-state index contributed by atoms with van der Waals surface area (Å²) in [5.41, 5.74) is 1.16. The lowest BCUT2D eigenvalue weighted by Gasteiger charge is -2.36. The topological polar surface area (TPSA) is 32.8 Å². The molecular weight excluding hydrogens is 326 g/mol. The molecule has 2 heterocycles. The number of hydrogen-bond acceptors (Lipinski definition) is 3. The largest absolute Gasteiger partial charge is 0.490 e. The fourth-order valence-electron chi connectivity index (χ4n) is 3.58. The Morgan fingerprint density at radius 3 is 2.72 bits per heavy atom. The molecule has 2 aliphatic heterocycles. The van der Waals surface area contributed by atoms with Crippen LogP contribution in [0.25, 0.3) is 0 Å². The molecule has 25 heavy (non-hydrogen) atoms. The van der Waals surface area contributed by atoms with E-state index in [-0.39, 0.29) is 31.5 Å². The smallest absolute Gasteiger partial charge is 0.260 e. The van der Waals surface area contributed by atoms with Gasteiger partial charge in [0.25, 0.3) is 5.92 Å². The molecule has 0 bridgehead atoms. The van der Waals surface area contributed by atoms with Crippen molar-refractivity contribution in [3.8, 4) is 5.75 Å². The Kier molecular flexibility index (Phi) is 5.57. The van der Waals surface area contributed by atoms with Crippen LogP contribution in [-0.2, 0) is 4.79 Å². The summed E-state index contributed by atoms with van der Waals surface area (Å²) in [5, 5.41) is 0. The molecule has 0 aliphatic carbocycles. The third-order valence-electron chi connectivity index (χ3n) is 4.92. The normalized spacial score (nSPS) is 22.0. The van der Waals surface area contributed by atoms with Crippen molar-refractivity contribution < 1.29 is 18.3 Å². The predicted molar refractivity (Wildman–Crippen MR) is 92.0 cm³/mol. The van der Waals surface area contributed by atoms with Crippen molar-refractivity contribution in [2.45, 2.75) is 44.6 Å². The lowest BCUT2D eigenvalue weighted by molar-refractivity contribution is -0.136. The molecule has 3 rings (SSSR count). The van der Waals surface area contributed by atoms with Crippen LogP contribution in [0.4, 0.5) is 8.78 Å². The van der Waals surface area contributed by atoms with Crippen molar-refractivity contribution in [3.63, 3.8) is 0 Å². The quantitative estimate of drug-likeness (QED) is 0.835. The first-order valence-corrected chi connectivity index (χ1v) is 9.03. The molecule has 2 fully saturated rings. The van der Waals surface area contributed by atoms with Crippen LogP contribution in [0.1, 0.15) is 31.2 Å². The maximum atomic E-state index is 13.5. The summed E-state index contributed by atoms with van der Waals surface area (Å²) < 4.78 is 32.9. The number of piperidine rings is 2. The Bertz CT molecular complexity index is 601. The van der Waals surface area contributed by atoms with Crippen LogP contribution in [0.2, 0.25) is 0 Å². The SMILES string of the molecule is Cc1cccc(OC2CCN(C(=O)CN3CCCC(F)(F)C3)CC2)c1. The summed E-state index contributed by atoms with van der Waals surface area (Å²) in [6, 6.07) is 7.95. The van der Waals surface area contributed by atoms with E-state index in [0.29, 0.717) is 26.1 Å². The van der Waals surface area contributed by atoms with Crippen molar-refractivity contribution in [1.29, 1.82) is 0 Å². The van der Waals surface area contributed by atoms with Gasteiger partial charge in [-0.25, -0.2) is 8.78 Å². The number of rotatable bonds is 4. The van der Waals surface area contributed by atoms with Gasteiger partial charge in [0.2, 0.25) is 5.91 Å². The fraction of sp³-hybridized carbons (Fsp3) is 0.632. The highest BCUT2D eigenvalue weighted by atomic mass is 19.3. The van der Waals surface area contributed by atoms with E-state index in [1.54, 1.807) is 9.80 Å². The number of benzene rings is 1. The second-order valence-electron chi connectivity index (χ2n) is 7.18. The zero-order chi connectivity index (χ0) is 17.9. The lowest BCUT2D eigenvalue weighted by Crippen LogP contribution is -2.50. The van der Waals surface area contributed by atoms with Crippen molar-refractivity contribution in [2.75, 3.05) is 32.7 Å². The van der Waals surface area contributed by atoms with Gasteiger partial charge in [-0.15, -0.1) is 0 Å². The van der Waals surface area contributed by atoms with E-state index in [1.807, 2.05) is 31.2 Å². The molecule has 6 heteroatoms. The summed E-state index contributed by atoms with van der Waals surface area (Å²) in [4.78, 5) is 15.8. The van der Waals surface area contributed by atoms with Gasteiger partial charge in [-0.05, 0) is 37.6 Å². The minimum atomic E-state index is -2.66. The van der Waals surface area contributed by atoms with Gasteiger partial charge in [0.1, 0.15) is 11.9 Å². The van der Waals surface area contributed by atoms with E-state index in [4.69, 9.17) is 4.74 Å². The second-order valence-corrected chi connectivity index (χ2v) is 7.18. The van der Waals surface area contributed by atoms with Gasteiger partial charge in [-0.1, -0.05) is 12.1 Å². The minimum absolute atomic E-state index is 0.0493. The van der Waals surface area contributed by atoms with E-state index in [0.717, 1.165) is 24.2 Å². The zero-order valence-electron chi connectivity index (χ0n) is 14.7. The highest BCUT2D eigenvalue weighted by molar-refractivity contribution is 5.78. The molecule has 0 N–H and O–H groups in total. The van der Waals surface area contributed by atoms with Gasteiger partial charge in [0.05, 0.1) is 13.1 Å². The molecular formula is C19H26F2N2O2. The number of ether oxygens (including phenoxy) is 1. The van der Waals surface area contributed by atoms with Crippen molar-refractivity contribution >= 4 is 5.91 Å². The Balaban J connectivity index is 1.44. The summed E-state index contributed by atoms with van der Waals surface area (Å²) in [6.07, 6.45) is 2.03. The van der Waals surface area contributed by atoms with E-state index in [1.165, 1.54) is 0 Å². The van der Waals surface area contributed by atoms with E-state index < -0.39 is 5.92 Å². The number of nitrogens with zero attached hydrogens (tertiary/aromatic N) is 2. The minimum Gasteiger partial charge on any atom is -0.490 e. The first-order valence-electron chi connectivity index (χ1n) is 9.03. The van der Waals surface area contributed by atoms with Gasteiger partial charge < -0.3 is 9.64 Å². The van der Waals surface area contributed by atoms with Gasteiger partial charge in [-0.3, -0.25) is 9.69 Å². The molecule has 0 saturated carbocycles. The van der Waals surface area contributed by atoms with Gasteiger partial charge in [0, 0.05) is 32.4 Å². The van der Waals surface area contributed by atoms with Crippen LogP contribution >= 0.6 is 0 Å². The number of aryl methyl sites for hydroxylation is 1. The van der Waals surface area contributed by atoms with Crippen molar-refractivity contribution in [3.05, 3.63) is 29.8 Å². The van der Waals surface area contributed by atoms with Crippen LogP contribution in [0.5, 0.6) is 5.75 Å². The maximum absolute atomic E-state index is 13.5. The van der Waals surface area contributed by atoms with Crippen LogP contribution in [0.15, 0.2) is 24.3 Å². The number of halogens is 2. The molecule has 1 aromatic rings. The zero-order valence-corrected chi connectivity index (χ0v) is 14.7. The monoisotopic (exact) mass is 352 g/mol. The molecule has 2 aliphatic rings. The second kappa shape index (κ2) is 7.68. The number of carbonyl (C=O) groups is 1. The number of carbonyl (C=O) groups excluding carboxylic acids is 1. The molecule has 1 aromatic carbocycles. The van der Waals surface area contributed by atoms with Crippen LogP contribution < -0.4 is 4.74 Å². The van der Waals surface area contributed by atoms with Crippen molar-refractivity contribution in [2.24, 2.45) is 0 Å². The number of hydrogen-bond donors (Lipinski definition) is 0. The Morgan fingerprint density at radius 1 is 1.28 bits per heavy atom. The third-order valence-corrected chi connectivity index (χ3v) is 4.92. The highest BCUT2D eigenvalue weighted by Crippen LogP contribution is 2.26. The Hall–Kier alpha value is -1.69. The molecule has 1 amide bonds. The standard InChI is InChI=1S/C19H26F2N2O2/c1-15-4-2-5-17(12-15)25-16-6-10-23(11-7-16)18(24)13-22-9-3-8-19(20,21)14-22/h2,4-5,12,16H,3,6-11,13-14H2,1H3. The van der Waals surface area contributed by atoms with E-state index in [9.17, 15) is 13.6 Å². The summed E-state index contributed by atoms with van der Waals surface area (Å²) >= 11 is 0. The molecule has 2 saturated heterocycles. The molecule has 0 spiro atoms. The van der Waals surface area contributed by atoms with Crippen LogP contribution in [0.3, 0.4) is 0 Å². The Labute approximate surface area is 147 Å². The van der Waals surface area contributed by atoms with E-state index in [2.05, 4.69) is 0 Å². The molecule has 4 nitrogen and oxygen atoms in total. The lowest BCUT2D eigenvalue weighted by atomic mass is 10.1. The average Bonchev–Trinajstić information content (AvgIpc) is 2.54. The van der Waals surface area contributed by atoms with Gasteiger partial charge in [-0.2, -0.15) is 0 Å². The Morgan fingerprint density at radius 2 is 2.04 bits per heavy atom. The molecule has 0 aromatic heterocycles. The number of alkyl halides is 2. The third kappa shape index (κ3) is 5.14. The first-order chi connectivity index (χ1) is 11.9.